The van der Waals surface area contributed by atoms with Gasteiger partial charge in [-0.15, -0.1) is 0 Å². The predicted octanol–water partition coefficient (Wildman–Crippen LogP) is 4.53. The summed E-state index contributed by atoms with van der Waals surface area (Å²) in [5.74, 6) is -0.202. The van der Waals surface area contributed by atoms with Crippen LogP contribution in [0.2, 0.25) is 0 Å². The Balaban J connectivity index is 1.37. The maximum Gasteiger partial charge on any atom is 0.410 e. The summed E-state index contributed by atoms with van der Waals surface area (Å²) >= 11 is 0. The number of hydrogen-bond donors (Lipinski definition) is 3. The first-order valence-corrected chi connectivity index (χ1v) is 12.8. The summed E-state index contributed by atoms with van der Waals surface area (Å²) in [4.78, 5) is 27.4. The number of hydrogen-bond acceptors (Lipinski definition) is 7. The van der Waals surface area contributed by atoms with E-state index in [0.29, 0.717) is 38.2 Å². The normalized spacial score (nSPS) is 21.0. The van der Waals surface area contributed by atoms with E-state index in [0.717, 1.165) is 11.1 Å². The Morgan fingerprint density at radius 2 is 1.97 bits per heavy atom. The van der Waals surface area contributed by atoms with Gasteiger partial charge in [0.05, 0.1) is 13.2 Å². The molecule has 2 aliphatic rings. The van der Waals surface area contributed by atoms with E-state index in [1.807, 2.05) is 32.9 Å². The largest absolute Gasteiger partial charge is 0.444 e. The molecule has 4 rings (SSSR count). The minimum atomic E-state index is -2.90. The highest BCUT2D eigenvalue weighted by atomic mass is 19.3. The molecule has 2 amide bonds. The molecule has 0 aliphatic carbocycles. The van der Waals surface area contributed by atoms with E-state index < -0.39 is 17.8 Å². The lowest BCUT2D eigenvalue weighted by molar-refractivity contribution is -0.120. The quantitative estimate of drug-likeness (QED) is 0.449. The van der Waals surface area contributed by atoms with Crippen LogP contribution in [-0.2, 0) is 20.7 Å². The van der Waals surface area contributed by atoms with Crippen LogP contribution in [-0.4, -0.2) is 54.3 Å². The standard InChI is InChI=1S/C28H34F2N4O5/c1-27(2,3)39-26(36)34-15-16-37-23(18-34)20-7-9-21(10-8-20)32-24(35)28(13-14-31-33-28)12-11-19-5-4-6-22(17-19)38-25(29)30/h4-10,13-14,17,23,25,31,33H,11-12,15-16,18H2,1-3H3,(H,32,35)/t23-,28?/m1/s1. The second-order valence-electron chi connectivity index (χ2n) is 10.5. The van der Waals surface area contributed by atoms with E-state index in [4.69, 9.17) is 9.47 Å². The van der Waals surface area contributed by atoms with Crippen LogP contribution in [0.5, 0.6) is 5.75 Å². The maximum absolute atomic E-state index is 13.3. The Bertz CT molecular complexity index is 1190. The van der Waals surface area contributed by atoms with Gasteiger partial charge in [-0.3, -0.25) is 4.79 Å². The molecule has 1 saturated heterocycles. The molecule has 0 aromatic heterocycles. The summed E-state index contributed by atoms with van der Waals surface area (Å²) in [6.07, 6.45) is 3.51. The van der Waals surface area contributed by atoms with Gasteiger partial charge in [0.1, 0.15) is 23.0 Å². The van der Waals surface area contributed by atoms with E-state index in [1.54, 1.807) is 47.5 Å². The molecule has 0 spiro atoms. The third kappa shape index (κ3) is 7.67. The van der Waals surface area contributed by atoms with Crippen LogP contribution < -0.4 is 20.9 Å². The molecule has 2 aromatic rings. The zero-order valence-corrected chi connectivity index (χ0v) is 22.2. The van der Waals surface area contributed by atoms with Crippen molar-refractivity contribution in [1.29, 1.82) is 0 Å². The third-order valence-electron chi connectivity index (χ3n) is 6.34. The van der Waals surface area contributed by atoms with Crippen molar-refractivity contribution in [3.8, 4) is 5.75 Å². The number of nitrogens with zero attached hydrogens (tertiary/aromatic N) is 1. The number of alkyl halides is 2. The molecule has 1 unspecified atom stereocenters. The van der Waals surface area contributed by atoms with Crippen LogP contribution in [0.15, 0.2) is 60.8 Å². The molecule has 39 heavy (non-hydrogen) atoms. The number of rotatable bonds is 8. The molecule has 1 fully saturated rings. The number of benzene rings is 2. The molecule has 0 bridgehead atoms. The second-order valence-corrected chi connectivity index (χ2v) is 10.5. The van der Waals surface area contributed by atoms with Crippen molar-refractivity contribution in [1.82, 2.24) is 15.8 Å². The van der Waals surface area contributed by atoms with Crippen LogP contribution in [0.4, 0.5) is 19.3 Å². The highest BCUT2D eigenvalue weighted by molar-refractivity contribution is 6.00. The lowest BCUT2D eigenvalue weighted by Crippen LogP contribution is -2.53. The lowest BCUT2D eigenvalue weighted by Gasteiger charge is -2.34. The fraction of sp³-hybridized carbons (Fsp3) is 0.429. The van der Waals surface area contributed by atoms with Gasteiger partial charge in [-0.05, 0) is 75.1 Å². The van der Waals surface area contributed by atoms with E-state index >= 15 is 0 Å². The third-order valence-corrected chi connectivity index (χ3v) is 6.34. The van der Waals surface area contributed by atoms with Crippen LogP contribution in [0.25, 0.3) is 0 Å². The molecule has 0 radical (unpaired) electrons. The SMILES string of the molecule is CC(C)(C)OC(=O)N1CCO[C@@H](c2ccc(NC(=O)C3(CCc4cccc(OC(F)F)c4)C=CNN3)cc2)C1. The fourth-order valence-corrected chi connectivity index (χ4v) is 4.37. The van der Waals surface area contributed by atoms with E-state index in [2.05, 4.69) is 20.9 Å². The number of carbonyl (C=O) groups is 2. The summed E-state index contributed by atoms with van der Waals surface area (Å²) in [6.45, 7) is 3.81. The number of halogens is 2. The molecule has 2 atom stereocenters. The van der Waals surface area contributed by atoms with Gasteiger partial charge >= 0.3 is 12.7 Å². The lowest BCUT2D eigenvalue weighted by atomic mass is 9.91. The van der Waals surface area contributed by atoms with Crippen LogP contribution in [0.3, 0.4) is 0 Å². The maximum atomic E-state index is 13.3. The zero-order valence-electron chi connectivity index (χ0n) is 22.2. The number of morpholine rings is 1. The first-order valence-electron chi connectivity index (χ1n) is 12.8. The molecular formula is C28H34F2N4O5. The Morgan fingerprint density at radius 1 is 1.21 bits per heavy atom. The van der Waals surface area contributed by atoms with Crippen molar-refractivity contribution in [2.24, 2.45) is 0 Å². The highest BCUT2D eigenvalue weighted by Crippen LogP contribution is 2.27. The number of aryl methyl sites for hydroxylation is 1. The van der Waals surface area contributed by atoms with Crippen LogP contribution in [0.1, 0.15) is 44.4 Å². The van der Waals surface area contributed by atoms with Gasteiger partial charge in [-0.2, -0.15) is 8.78 Å². The van der Waals surface area contributed by atoms with Gasteiger partial charge < -0.3 is 29.9 Å². The fourth-order valence-electron chi connectivity index (χ4n) is 4.37. The minimum absolute atomic E-state index is 0.0744. The average Bonchev–Trinajstić information content (AvgIpc) is 3.37. The van der Waals surface area contributed by atoms with Crippen molar-refractivity contribution in [2.45, 2.75) is 57.5 Å². The molecule has 3 N–H and O–H groups in total. The first kappa shape index (κ1) is 28.3. The molecule has 11 heteroatoms. The number of carbonyl (C=O) groups excluding carboxylic acids is 2. The zero-order chi connectivity index (χ0) is 28.0. The summed E-state index contributed by atoms with van der Waals surface area (Å²) < 4.78 is 41.0. The number of hydrazine groups is 1. The Morgan fingerprint density at radius 3 is 2.64 bits per heavy atom. The summed E-state index contributed by atoms with van der Waals surface area (Å²) in [5.41, 5.74) is 6.48. The predicted molar refractivity (Wildman–Crippen MR) is 141 cm³/mol. The molecular weight excluding hydrogens is 510 g/mol. The summed E-state index contributed by atoms with van der Waals surface area (Å²) in [5, 5.41) is 2.94. The summed E-state index contributed by atoms with van der Waals surface area (Å²) in [6, 6.07) is 13.7. The molecule has 2 aromatic carbocycles. The van der Waals surface area contributed by atoms with E-state index in [9.17, 15) is 18.4 Å². The van der Waals surface area contributed by atoms with Gasteiger partial charge in [0.15, 0.2) is 0 Å². The molecule has 9 nitrogen and oxygen atoms in total. The Labute approximate surface area is 226 Å². The highest BCUT2D eigenvalue weighted by Gasteiger charge is 2.38. The van der Waals surface area contributed by atoms with Crippen LogP contribution >= 0.6 is 0 Å². The smallest absolute Gasteiger partial charge is 0.410 e. The number of amides is 2. The van der Waals surface area contributed by atoms with Crippen molar-refractivity contribution < 1.29 is 32.6 Å². The average molecular weight is 545 g/mol. The first-order chi connectivity index (χ1) is 18.5. The van der Waals surface area contributed by atoms with Gasteiger partial charge in [0.2, 0.25) is 5.91 Å². The van der Waals surface area contributed by atoms with Crippen molar-refractivity contribution in [2.75, 3.05) is 25.0 Å². The van der Waals surface area contributed by atoms with Crippen LogP contribution in [0, 0.1) is 0 Å². The van der Waals surface area contributed by atoms with Crippen molar-refractivity contribution in [3.63, 3.8) is 0 Å². The van der Waals surface area contributed by atoms with Gasteiger partial charge in [0.25, 0.3) is 0 Å². The van der Waals surface area contributed by atoms with Gasteiger partial charge in [-0.1, -0.05) is 24.3 Å². The number of anilines is 1. The Hall–Kier alpha value is -3.70. The number of nitrogens with one attached hydrogen (secondary N) is 3. The Kier molecular flexibility index (Phi) is 8.71. The number of ether oxygens (including phenoxy) is 3. The molecule has 210 valence electrons. The molecule has 2 aliphatic heterocycles. The molecule has 0 saturated carbocycles. The van der Waals surface area contributed by atoms with Gasteiger partial charge in [-0.25, -0.2) is 10.2 Å². The monoisotopic (exact) mass is 544 g/mol. The topological polar surface area (TPSA) is 101 Å². The van der Waals surface area contributed by atoms with Gasteiger partial charge in [0, 0.05) is 18.4 Å². The second kappa shape index (κ2) is 12.0. The van der Waals surface area contributed by atoms with E-state index in [-0.39, 0.29) is 23.9 Å². The molecule has 2 heterocycles. The van der Waals surface area contributed by atoms with Crippen molar-refractivity contribution in [3.05, 3.63) is 71.9 Å². The van der Waals surface area contributed by atoms with E-state index in [1.165, 1.54) is 6.07 Å². The summed E-state index contributed by atoms with van der Waals surface area (Å²) in [7, 11) is 0. The minimum Gasteiger partial charge on any atom is -0.444 e. The van der Waals surface area contributed by atoms with Crippen molar-refractivity contribution >= 4 is 17.7 Å².